The highest BCUT2D eigenvalue weighted by Crippen LogP contribution is 2.20. The minimum atomic E-state index is -4.43. The van der Waals surface area contributed by atoms with Gasteiger partial charge < -0.3 is 15.3 Å². The molecule has 0 saturated carbocycles. The number of carbonyl (C=O) groups excluding carboxylic acids is 1. The van der Waals surface area contributed by atoms with Crippen LogP contribution in [0.5, 0.6) is 0 Å². The zero-order chi connectivity index (χ0) is 15.0. The van der Waals surface area contributed by atoms with E-state index in [-0.39, 0.29) is 6.42 Å². The van der Waals surface area contributed by atoms with Crippen molar-refractivity contribution < 1.29 is 18.0 Å². The van der Waals surface area contributed by atoms with Gasteiger partial charge >= 0.3 is 6.18 Å². The minimum absolute atomic E-state index is 0.253. The van der Waals surface area contributed by atoms with Crippen molar-refractivity contribution in [3.05, 3.63) is 24.3 Å². The Bertz CT molecular complexity index is 804. The fraction of sp³-hybridized carbons (Fsp3) is 0.250. The highest BCUT2D eigenvalue weighted by Gasteiger charge is 2.27. The zero-order valence-corrected chi connectivity index (χ0v) is 10.6. The predicted molar refractivity (Wildman–Crippen MR) is 68.5 cm³/mol. The van der Waals surface area contributed by atoms with Gasteiger partial charge in [0.25, 0.3) is 0 Å². The molecule has 0 saturated heterocycles. The van der Waals surface area contributed by atoms with Crippen LogP contribution in [-0.2, 0) is 11.2 Å². The van der Waals surface area contributed by atoms with E-state index in [1.165, 1.54) is 0 Å². The lowest BCUT2D eigenvalue weighted by Gasteiger charge is -2.07. The Morgan fingerprint density at radius 3 is 2.95 bits per heavy atom. The van der Waals surface area contributed by atoms with Gasteiger partial charge in [0, 0.05) is 11.6 Å². The molecule has 110 valence electrons. The van der Waals surface area contributed by atoms with Crippen LogP contribution in [0.2, 0.25) is 0 Å². The highest BCUT2D eigenvalue weighted by molar-refractivity contribution is 6.00. The molecule has 6 nitrogen and oxygen atoms in total. The van der Waals surface area contributed by atoms with Gasteiger partial charge in [0.2, 0.25) is 5.91 Å². The van der Waals surface area contributed by atoms with Gasteiger partial charge in [-0.05, 0) is 6.07 Å². The molecule has 3 aromatic rings. The number of aromatic nitrogens is 4. The molecule has 0 atom stereocenters. The molecule has 0 bridgehead atoms. The van der Waals surface area contributed by atoms with Crippen LogP contribution in [0.25, 0.3) is 22.1 Å². The normalized spacial score (nSPS) is 12.1. The summed E-state index contributed by atoms with van der Waals surface area (Å²) in [6.07, 6.45) is -1.42. The van der Waals surface area contributed by atoms with Crippen molar-refractivity contribution in [3.63, 3.8) is 0 Å². The number of hydrogen-bond donors (Lipinski definition) is 3. The second kappa shape index (κ2) is 4.76. The number of alkyl halides is 3. The average molecular weight is 297 g/mol. The van der Waals surface area contributed by atoms with Crippen molar-refractivity contribution in [1.29, 1.82) is 0 Å². The predicted octanol–water partition coefficient (Wildman–Crippen LogP) is 1.66. The number of H-pyrrole nitrogens is 2. The standard InChI is InChI=1S/C12H10F3N5O/c13-12(14,15)5-18-9(21)3-8-19-7-4-17-11-6(1-2-16-11)10(7)20-8/h1-2,4H,3,5H2,(H,16,17)(H,18,21)(H,19,20). The summed E-state index contributed by atoms with van der Waals surface area (Å²) < 4.78 is 36.0. The molecule has 0 unspecified atom stereocenters. The molecular formula is C12H10F3N5O. The van der Waals surface area contributed by atoms with Gasteiger partial charge in [-0.3, -0.25) is 4.79 Å². The SMILES string of the molecule is O=C(Cc1nc2c(cnc3[nH]ccc32)[nH]1)NCC(F)(F)F. The van der Waals surface area contributed by atoms with Gasteiger partial charge in [0.1, 0.15) is 23.5 Å². The van der Waals surface area contributed by atoms with E-state index in [1.807, 2.05) is 0 Å². The van der Waals surface area contributed by atoms with Crippen molar-refractivity contribution >= 4 is 28.0 Å². The largest absolute Gasteiger partial charge is 0.405 e. The Hall–Kier alpha value is -2.58. The van der Waals surface area contributed by atoms with E-state index in [9.17, 15) is 18.0 Å². The lowest BCUT2D eigenvalue weighted by Crippen LogP contribution is -2.34. The van der Waals surface area contributed by atoms with Gasteiger partial charge in [-0.25, -0.2) is 9.97 Å². The van der Waals surface area contributed by atoms with Gasteiger partial charge in [-0.1, -0.05) is 0 Å². The third-order valence-corrected chi connectivity index (χ3v) is 2.90. The molecule has 0 radical (unpaired) electrons. The Labute approximate surface area is 115 Å². The molecule has 0 spiro atoms. The first kappa shape index (κ1) is 13.4. The second-order valence-corrected chi connectivity index (χ2v) is 4.51. The summed E-state index contributed by atoms with van der Waals surface area (Å²) in [4.78, 5) is 25.7. The molecule has 0 aromatic carbocycles. The van der Waals surface area contributed by atoms with Crippen LogP contribution >= 0.6 is 0 Å². The number of rotatable bonds is 3. The number of aromatic amines is 2. The van der Waals surface area contributed by atoms with Crippen LogP contribution in [0.15, 0.2) is 18.5 Å². The molecule has 3 heterocycles. The molecule has 21 heavy (non-hydrogen) atoms. The summed E-state index contributed by atoms with van der Waals surface area (Å²) in [5.74, 6) is -0.454. The molecule has 9 heteroatoms. The Kier molecular flexibility index (Phi) is 3.04. The van der Waals surface area contributed by atoms with Crippen LogP contribution in [-0.4, -0.2) is 38.6 Å². The summed E-state index contributed by atoms with van der Waals surface area (Å²) in [5, 5.41) is 2.58. The molecule has 3 aromatic heterocycles. The maximum Gasteiger partial charge on any atom is 0.405 e. The first-order valence-corrected chi connectivity index (χ1v) is 6.06. The topological polar surface area (TPSA) is 86.5 Å². The Morgan fingerprint density at radius 1 is 1.38 bits per heavy atom. The highest BCUT2D eigenvalue weighted by atomic mass is 19.4. The van der Waals surface area contributed by atoms with Crippen LogP contribution < -0.4 is 5.32 Å². The molecule has 0 fully saturated rings. The second-order valence-electron chi connectivity index (χ2n) is 4.51. The lowest BCUT2D eigenvalue weighted by atomic mass is 10.3. The van der Waals surface area contributed by atoms with Crippen LogP contribution in [0.3, 0.4) is 0 Å². The van der Waals surface area contributed by atoms with Crippen LogP contribution in [0, 0.1) is 0 Å². The number of nitrogens with zero attached hydrogens (tertiary/aromatic N) is 2. The van der Waals surface area contributed by atoms with Crippen LogP contribution in [0.1, 0.15) is 5.82 Å². The molecule has 1 amide bonds. The summed E-state index contributed by atoms with van der Waals surface area (Å²) in [6, 6.07) is 1.79. The maximum atomic E-state index is 12.0. The summed E-state index contributed by atoms with van der Waals surface area (Å²) in [6.45, 7) is -1.35. The first-order chi connectivity index (χ1) is 9.92. The third-order valence-electron chi connectivity index (χ3n) is 2.90. The zero-order valence-electron chi connectivity index (χ0n) is 10.6. The van der Waals surface area contributed by atoms with Gasteiger partial charge in [-0.15, -0.1) is 0 Å². The van der Waals surface area contributed by atoms with E-state index >= 15 is 0 Å². The van der Waals surface area contributed by atoms with Crippen molar-refractivity contribution in [1.82, 2.24) is 25.3 Å². The summed E-state index contributed by atoms with van der Waals surface area (Å²) in [5.41, 5.74) is 1.91. The number of hydrogen-bond acceptors (Lipinski definition) is 3. The quantitative estimate of drug-likeness (QED) is 0.687. The van der Waals surface area contributed by atoms with Gasteiger partial charge in [0.15, 0.2) is 0 Å². The Morgan fingerprint density at radius 2 is 2.19 bits per heavy atom. The average Bonchev–Trinajstić information content (AvgIpc) is 2.99. The smallest absolute Gasteiger partial charge is 0.347 e. The Balaban J connectivity index is 1.80. The van der Waals surface area contributed by atoms with E-state index in [0.29, 0.717) is 22.5 Å². The summed E-state index contributed by atoms with van der Waals surface area (Å²) >= 11 is 0. The van der Waals surface area contributed by atoms with E-state index < -0.39 is 18.6 Å². The molecule has 0 aliphatic carbocycles. The minimum Gasteiger partial charge on any atom is -0.347 e. The van der Waals surface area contributed by atoms with E-state index in [2.05, 4.69) is 19.9 Å². The van der Waals surface area contributed by atoms with Crippen molar-refractivity contribution in [2.24, 2.45) is 0 Å². The fourth-order valence-electron chi connectivity index (χ4n) is 2.02. The third kappa shape index (κ3) is 2.81. The van der Waals surface area contributed by atoms with Crippen molar-refractivity contribution in [2.45, 2.75) is 12.6 Å². The molecule has 3 rings (SSSR count). The maximum absolute atomic E-state index is 12.0. The van der Waals surface area contributed by atoms with E-state index in [0.717, 1.165) is 5.39 Å². The number of carbonyl (C=O) groups is 1. The monoisotopic (exact) mass is 297 g/mol. The van der Waals surface area contributed by atoms with Crippen molar-refractivity contribution in [3.8, 4) is 0 Å². The number of halogens is 3. The number of fused-ring (bicyclic) bond motifs is 3. The van der Waals surface area contributed by atoms with Crippen molar-refractivity contribution in [2.75, 3.05) is 6.54 Å². The molecular weight excluding hydrogens is 287 g/mol. The molecule has 0 aliphatic heterocycles. The summed E-state index contributed by atoms with van der Waals surface area (Å²) in [7, 11) is 0. The molecule has 0 aliphatic rings. The van der Waals surface area contributed by atoms with Crippen LogP contribution in [0.4, 0.5) is 13.2 Å². The molecule has 3 N–H and O–H groups in total. The fourth-order valence-corrected chi connectivity index (χ4v) is 2.02. The number of pyridine rings is 1. The number of nitrogens with one attached hydrogen (secondary N) is 3. The van der Waals surface area contributed by atoms with E-state index in [1.54, 1.807) is 23.8 Å². The number of amides is 1. The first-order valence-electron chi connectivity index (χ1n) is 6.06. The number of imidazole rings is 1. The lowest BCUT2D eigenvalue weighted by molar-refractivity contribution is -0.138. The van der Waals surface area contributed by atoms with Gasteiger partial charge in [0.05, 0.1) is 18.1 Å². The van der Waals surface area contributed by atoms with E-state index in [4.69, 9.17) is 0 Å². The van der Waals surface area contributed by atoms with Gasteiger partial charge in [-0.2, -0.15) is 13.2 Å².